The van der Waals surface area contributed by atoms with Crippen molar-refractivity contribution in [3.05, 3.63) is 59.4 Å². The molecule has 1 atom stereocenters. The number of fused-ring (bicyclic) bond motifs is 1. The standard InChI is InChI=1S/C15H13N3O2S/c16-15(20)14-12(13-9(8-19)4-3-7-17-13)10-5-1-2-6-11(10)21-18-14/h1-7,12,19H,8H2,(H2,16,20). The molecule has 2 heterocycles. The summed E-state index contributed by atoms with van der Waals surface area (Å²) < 4.78 is 4.24. The number of nitrogens with two attached hydrogens (primary N) is 1. The maximum atomic E-state index is 11.7. The molecule has 2 aromatic rings. The molecule has 3 rings (SSSR count). The lowest BCUT2D eigenvalue weighted by molar-refractivity contribution is -0.112. The third-order valence-corrected chi connectivity index (χ3v) is 4.22. The summed E-state index contributed by atoms with van der Waals surface area (Å²) in [6, 6.07) is 11.2. The maximum Gasteiger partial charge on any atom is 0.264 e. The molecule has 0 bridgehead atoms. The Morgan fingerprint density at radius 1 is 1.29 bits per heavy atom. The van der Waals surface area contributed by atoms with Crippen molar-refractivity contribution in [3.63, 3.8) is 0 Å². The zero-order valence-electron chi connectivity index (χ0n) is 11.1. The number of carbonyl (C=O) groups is 1. The molecule has 106 valence electrons. The molecule has 1 aliphatic rings. The van der Waals surface area contributed by atoms with Crippen molar-refractivity contribution in [3.8, 4) is 0 Å². The van der Waals surface area contributed by atoms with Gasteiger partial charge in [0, 0.05) is 28.6 Å². The van der Waals surface area contributed by atoms with Gasteiger partial charge >= 0.3 is 0 Å². The normalized spacial score (nSPS) is 17.0. The number of primary amides is 1. The zero-order valence-corrected chi connectivity index (χ0v) is 11.9. The molecule has 5 nitrogen and oxygen atoms in total. The SMILES string of the molecule is NC(=O)C1=NSc2ccccc2C1c1ncccc1CO. The van der Waals surface area contributed by atoms with E-state index in [1.165, 1.54) is 11.9 Å². The van der Waals surface area contributed by atoms with E-state index in [0.29, 0.717) is 11.3 Å². The highest BCUT2D eigenvalue weighted by molar-refractivity contribution is 7.98. The Kier molecular flexibility index (Phi) is 3.72. The highest BCUT2D eigenvalue weighted by Crippen LogP contribution is 2.39. The lowest BCUT2D eigenvalue weighted by atomic mass is 9.87. The first-order valence-electron chi connectivity index (χ1n) is 6.40. The molecule has 3 N–H and O–H groups in total. The molecule has 1 aromatic carbocycles. The van der Waals surface area contributed by atoms with E-state index in [1.54, 1.807) is 18.3 Å². The average molecular weight is 299 g/mol. The molecule has 6 heteroatoms. The number of hydrogen-bond donors (Lipinski definition) is 2. The Morgan fingerprint density at radius 3 is 2.86 bits per heavy atom. The number of aliphatic hydroxyl groups is 1. The second-order valence-corrected chi connectivity index (χ2v) is 5.41. The van der Waals surface area contributed by atoms with Crippen molar-refractivity contribution in [2.24, 2.45) is 10.1 Å². The third kappa shape index (κ3) is 2.43. The van der Waals surface area contributed by atoms with Gasteiger partial charge in [-0.15, -0.1) is 0 Å². The van der Waals surface area contributed by atoms with E-state index in [9.17, 15) is 9.90 Å². The van der Waals surface area contributed by atoms with Crippen LogP contribution in [0.5, 0.6) is 0 Å². The molecule has 1 aromatic heterocycles. The molecule has 1 aliphatic heterocycles. The maximum absolute atomic E-state index is 11.7. The Hall–Kier alpha value is -2.18. The first kappa shape index (κ1) is 13.8. The van der Waals surface area contributed by atoms with Crippen LogP contribution in [0.4, 0.5) is 0 Å². The van der Waals surface area contributed by atoms with Crippen molar-refractivity contribution >= 4 is 23.6 Å². The first-order valence-corrected chi connectivity index (χ1v) is 7.18. The number of amides is 1. The number of rotatable bonds is 3. The molecule has 0 aliphatic carbocycles. The molecular weight excluding hydrogens is 286 g/mol. The summed E-state index contributed by atoms with van der Waals surface area (Å²) >= 11 is 1.23. The molecule has 0 fully saturated rings. The molecule has 0 spiro atoms. The molecular formula is C15H13N3O2S. The van der Waals surface area contributed by atoms with Crippen molar-refractivity contribution in [1.82, 2.24) is 4.98 Å². The minimum atomic E-state index is -0.573. The van der Waals surface area contributed by atoms with Gasteiger partial charge in [-0.25, -0.2) is 4.40 Å². The van der Waals surface area contributed by atoms with Gasteiger partial charge in [0.1, 0.15) is 5.71 Å². The predicted octanol–water partition coefficient (Wildman–Crippen LogP) is 1.65. The van der Waals surface area contributed by atoms with Crippen molar-refractivity contribution < 1.29 is 9.90 Å². The van der Waals surface area contributed by atoms with Crippen LogP contribution in [-0.2, 0) is 11.4 Å². The van der Waals surface area contributed by atoms with Crippen LogP contribution in [-0.4, -0.2) is 21.7 Å². The van der Waals surface area contributed by atoms with Gasteiger partial charge in [-0.05, 0) is 17.7 Å². The Balaban J connectivity index is 2.21. The van der Waals surface area contributed by atoms with Gasteiger partial charge in [0.25, 0.3) is 5.91 Å². The molecule has 21 heavy (non-hydrogen) atoms. The van der Waals surface area contributed by atoms with E-state index >= 15 is 0 Å². The van der Waals surface area contributed by atoms with Gasteiger partial charge in [0.15, 0.2) is 0 Å². The number of carbonyl (C=O) groups excluding carboxylic acids is 1. The number of aliphatic hydroxyl groups excluding tert-OH is 1. The topological polar surface area (TPSA) is 88.6 Å². The number of benzene rings is 1. The molecule has 0 radical (unpaired) electrons. The predicted molar refractivity (Wildman–Crippen MR) is 80.9 cm³/mol. The van der Waals surface area contributed by atoms with Crippen LogP contribution < -0.4 is 5.73 Å². The number of nitrogens with zero attached hydrogens (tertiary/aromatic N) is 2. The van der Waals surface area contributed by atoms with E-state index < -0.39 is 11.8 Å². The van der Waals surface area contributed by atoms with Gasteiger partial charge in [-0.3, -0.25) is 9.78 Å². The summed E-state index contributed by atoms with van der Waals surface area (Å²) in [5.41, 5.74) is 7.94. The van der Waals surface area contributed by atoms with E-state index in [1.807, 2.05) is 24.3 Å². The lowest BCUT2D eigenvalue weighted by Crippen LogP contribution is -2.32. The fourth-order valence-corrected chi connectivity index (χ4v) is 3.23. The summed E-state index contributed by atoms with van der Waals surface area (Å²) in [6.07, 6.45) is 1.64. The summed E-state index contributed by atoms with van der Waals surface area (Å²) in [6.45, 7) is -0.152. The van der Waals surface area contributed by atoms with Gasteiger partial charge in [-0.1, -0.05) is 24.3 Å². The quantitative estimate of drug-likeness (QED) is 0.843. The lowest BCUT2D eigenvalue weighted by Gasteiger charge is -2.24. The highest BCUT2D eigenvalue weighted by atomic mass is 32.2. The minimum Gasteiger partial charge on any atom is -0.392 e. The van der Waals surface area contributed by atoms with Crippen LogP contribution in [0, 0.1) is 0 Å². The second-order valence-electron chi connectivity index (χ2n) is 4.61. The van der Waals surface area contributed by atoms with Crippen molar-refractivity contribution in [2.45, 2.75) is 17.4 Å². The summed E-state index contributed by atoms with van der Waals surface area (Å²) in [7, 11) is 0. The van der Waals surface area contributed by atoms with Gasteiger partial charge in [0.05, 0.1) is 18.2 Å². The van der Waals surface area contributed by atoms with E-state index in [2.05, 4.69) is 9.38 Å². The van der Waals surface area contributed by atoms with Crippen LogP contribution in [0.3, 0.4) is 0 Å². The van der Waals surface area contributed by atoms with Crippen LogP contribution in [0.25, 0.3) is 0 Å². The Labute approximate surface area is 126 Å². The number of hydrogen-bond acceptors (Lipinski definition) is 5. The number of aromatic nitrogens is 1. The molecule has 0 saturated heterocycles. The highest BCUT2D eigenvalue weighted by Gasteiger charge is 2.32. The van der Waals surface area contributed by atoms with E-state index in [4.69, 9.17) is 5.73 Å². The average Bonchev–Trinajstić information content (AvgIpc) is 2.53. The molecule has 1 amide bonds. The van der Waals surface area contributed by atoms with Crippen LogP contribution in [0.1, 0.15) is 22.7 Å². The monoisotopic (exact) mass is 299 g/mol. The largest absolute Gasteiger partial charge is 0.392 e. The summed E-state index contributed by atoms with van der Waals surface area (Å²) in [4.78, 5) is 17.0. The summed E-state index contributed by atoms with van der Waals surface area (Å²) in [5.74, 6) is -1.01. The second kappa shape index (κ2) is 5.67. The van der Waals surface area contributed by atoms with Crippen LogP contribution in [0.2, 0.25) is 0 Å². The summed E-state index contributed by atoms with van der Waals surface area (Å²) in [5, 5.41) is 9.52. The number of pyridine rings is 1. The van der Waals surface area contributed by atoms with E-state index in [0.717, 1.165) is 10.5 Å². The zero-order chi connectivity index (χ0) is 14.8. The van der Waals surface area contributed by atoms with Crippen molar-refractivity contribution in [1.29, 1.82) is 0 Å². The molecule has 1 unspecified atom stereocenters. The van der Waals surface area contributed by atoms with Crippen molar-refractivity contribution in [2.75, 3.05) is 0 Å². The van der Waals surface area contributed by atoms with Gasteiger partial charge < -0.3 is 10.8 Å². The third-order valence-electron chi connectivity index (χ3n) is 3.37. The Morgan fingerprint density at radius 2 is 2.10 bits per heavy atom. The fourth-order valence-electron chi connectivity index (χ4n) is 2.41. The van der Waals surface area contributed by atoms with Gasteiger partial charge in [-0.2, -0.15) is 0 Å². The molecule has 0 saturated carbocycles. The van der Waals surface area contributed by atoms with Gasteiger partial charge in [0.2, 0.25) is 0 Å². The Bertz CT molecular complexity index is 730. The van der Waals surface area contributed by atoms with Crippen LogP contribution in [0.15, 0.2) is 51.9 Å². The smallest absolute Gasteiger partial charge is 0.264 e. The minimum absolute atomic E-state index is 0.152. The fraction of sp³-hybridized carbons (Fsp3) is 0.133. The van der Waals surface area contributed by atoms with E-state index in [-0.39, 0.29) is 12.3 Å². The first-order chi connectivity index (χ1) is 10.2. The van der Waals surface area contributed by atoms with Crippen LogP contribution >= 0.6 is 11.9 Å².